The zero-order chi connectivity index (χ0) is 29.6. The number of carbonyl (C=O) groups excluding carboxylic acids is 1. The summed E-state index contributed by atoms with van der Waals surface area (Å²) in [7, 11) is 1.58. The van der Waals surface area contributed by atoms with E-state index in [0.29, 0.717) is 23.7 Å². The first kappa shape index (κ1) is 30.1. The van der Waals surface area contributed by atoms with Gasteiger partial charge in [0.15, 0.2) is 5.82 Å². The van der Waals surface area contributed by atoms with Crippen molar-refractivity contribution < 1.29 is 27.9 Å². The Balaban J connectivity index is 1.61. The highest BCUT2D eigenvalue weighted by Gasteiger charge is 2.32. The maximum atomic E-state index is 13.1. The molecular formula is C30H36F3N5O3. The highest BCUT2D eigenvalue weighted by atomic mass is 19.4. The Labute approximate surface area is 237 Å². The molecule has 2 aromatic heterocycles. The van der Waals surface area contributed by atoms with Crippen LogP contribution in [0.2, 0.25) is 0 Å². The second kappa shape index (κ2) is 13.2. The van der Waals surface area contributed by atoms with Gasteiger partial charge in [-0.3, -0.25) is 9.59 Å². The highest BCUT2D eigenvalue weighted by Crippen LogP contribution is 2.38. The van der Waals surface area contributed by atoms with E-state index >= 15 is 0 Å². The van der Waals surface area contributed by atoms with Gasteiger partial charge in [0.2, 0.25) is 0 Å². The Hall–Kier alpha value is -3.89. The van der Waals surface area contributed by atoms with Crippen LogP contribution in [0.15, 0.2) is 48.8 Å². The summed E-state index contributed by atoms with van der Waals surface area (Å²) in [5.74, 6) is -0.560. The number of alkyl halides is 3. The minimum atomic E-state index is -4.46. The summed E-state index contributed by atoms with van der Waals surface area (Å²) >= 11 is 0. The molecule has 0 spiro atoms. The molecule has 1 amide bonds. The Kier molecular flexibility index (Phi) is 9.67. The normalized spacial score (nSPS) is 15.0. The van der Waals surface area contributed by atoms with Gasteiger partial charge in [0.1, 0.15) is 0 Å². The van der Waals surface area contributed by atoms with Crippen LogP contribution in [0.4, 0.5) is 18.9 Å². The average Bonchev–Trinajstić information content (AvgIpc) is 3.38. The number of aliphatic carboxylic acids is 1. The van der Waals surface area contributed by atoms with Crippen molar-refractivity contribution in [3.63, 3.8) is 0 Å². The molecule has 1 saturated carbocycles. The molecule has 2 heterocycles. The molecule has 8 nitrogen and oxygen atoms in total. The number of aryl methyl sites for hydroxylation is 1. The first-order chi connectivity index (χ1) is 19.6. The summed E-state index contributed by atoms with van der Waals surface area (Å²) in [4.78, 5) is 29.0. The molecule has 1 unspecified atom stereocenters. The van der Waals surface area contributed by atoms with E-state index in [-0.39, 0.29) is 24.9 Å². The van der Waals surface area contributed by atoms with E-state index < -0.39 is 17.7 Å². The molecule has 0 bridgehead atoms. The number of benzene rings is 1. The number of nitrogens with one attached hydrogen (secondary N) is 1. The van der Waals surface area contributed by atoms with Gasteiger partial charge in [-0.15, -0.1) is 0 Å². The summed E-state index contributed by atoms with van der Waals surface area (Å²) in [6.07, 6.45) is 5.20. The molecule has 3 aromatic rings. The number of carboxylic acid groups (broad SMARTS) is 1. The number of pyridine rings is 1. The Morgan fingerprint density at radius 3 is 2.41 bits per heavy atom. The van der Waals surface area contributed by atoms with Crippen molar-refractivity contribution >= 4 is 17.6 Å². The number of carboxylic acids is 1. The molecule has 0 radical (unpaired) electrons. The summed E-state index contributed by atoms with van der Waals surface area (Å²) in [5, 5.41) is 17.3. The number of hydrogen-bond donors (Lipinski definition) is 2. The Morgan fingerprint density at radius 2 is 1.83 bits per heavy atom. The minimum absolute atomic E-state index is 0.0835. The average molecular weight is 572 g/mol. The molecule has 1 aromatic carbocycles. The largest absolute Gasteiger partial charge is 0.481 e. The van der Waals surface area contributed by atoms with E-state index in [9.17, 15) is 22.8 Å². The van der Waals surface area contributed by atoms with Crippen molar-refractivity contribution in [3.8, 4) is 5.82 Å². The SMILES string of the molecule is CCCc1nn(-c2ccc(C(F)(F)F)cn2)cc1C(Nc1ccc(C(=O)N(C)CCC(=O)O)cc1)C1CCCCC1. The van der Waals surface area contributed by atoms with Gasteiger partial charge in [0, 0.05) is 42.8 Å². The number of aromatic nitrogens is 3. The maximum Gasteiger partial charge on any atom is 0.417 e. The third-order valence-electron chi connectivity index (χ3n) is 7.54. The van der Waals surface area contributed by atoms with Gasteiger partial charge >= 0.3 is 12.1 Å². The van der Waals surface area contributed by atoms with Gasteiger partial charge in [-0.2, -0.15) is 18.3 Å². The molecule has 1 aliphatic carbocycles. The van der Waals surface area contributed by atoms with E-state index in [4.69, 9.17) is 10.2 Å². The van der Waals surface area contributed by atoms with Crippen molar-refractivity contribution in [1.29, 1.82) is 0 Å². The quantitative estimate of drug-likeness (QED) is 0.272. The number of rotatable bonds is 11. The highest BCUT2D eigenvalue weighted by molar-refractivity contribution is 5.94. The number of anilines is 1. The molecule has 1 aliphatic rings. The van der Waals surface area contributed by atoms with Crippen molar-refractivity contribution in [3.05, 3.63) is 71.2 Å². The van der Waals surface area contributed by atoms with Crippen LogP contribution < -0.4 is 5.32 Å². The number of nitrogens with zero attached hydrogens (tertiary/aromatic N) is 4. The fourth-order valence-electron chi connectivity index (χ4n) is 5.31. The summed E-state index contributed by atoms with van der Waals surface area (Å²) in [6.45, 7) is 2.18. The van der Waals surface area contributed by atoms with Crippen LogP contribution in [-0.2, 0) is 17.4 Å². The van der Waals surface area contributed by atoms with Gasteiger partial charge < -0.3 is 15.3 Å². The molecule has 0 saturated heterocycles. The molecule has 220 valence electrons. The second-order valence-electron chi connectivity index (χ2n) is 10.6. The molecule has 1 atom stereocenters. The summed E-state index contributed by atoms with van der Waals surface area (Å²) < 4.78 is 40.8. The third-order valence-corrected chi connectivity index (χ3v) is 7.54. The number of carbonyl (C=O) groups is 2. The Bertz CT molecular complexity index is 1320. The smallest absolute Gasteiger partial charge is 0.417 e. The maximum absolute atomic E-state index is 13.1. The van der Waals surface area contributed by atoms with E-state index in [1.807, 2.05) is 18.3 Å². The van der Waals surface area contributed by atoms with Gasteiger partial charge in [-0.25, -0.2) is 9.67 Å². The topological polar surface area (TPSA) is 100 Å². The van der Waals surface area contributed by atoms with Crippen LogP contribution >= 0.6 is 0 Å². The van der Waals surface area contributed by atoms with E-state index in [1.54, 1.807) is 23.9 Å². The molecule has 4 rings (SSSR count). The molecule has 1 fully saturated rings. The van der Waals surface area contributed by atoms with Crippen LogP contribution in [0.5, 0.6) is 0 Å². The van der Waals surface area contributed by atoms with Crippen LogP contribution in [0.1, 0.15) is 85.1 Å². The predicted molar refractivity (Wildman–Crippen MR) is 149 cm³/mol. The molecular weight excluding hydrogens is 535 g/mol. The molecule has 41 heavy (non-hydrogen) atoms. The first-order valence-corrected chi connectivity index (χ1v) is 14.0. The van der Waals surface area contributed by atoms with Crippen molar-refractivity contribution in [2.75, 3.05) is 18.9 Å². The summed E-state index contributed by atoms with van der Waals surface area (Å²) in [5.41, 5.74) is 2.36. The standard InChI is InChI=1S/C30H36F3N5O3/c1-3-7-25-24(19-38(36-25)26-15-12-22(18-34-26)30(31,32)33)28(20-8-5-4-6-9-20)35-23-13-10-21(11-14-23)29(41)37(2)17-16-27(39)40/h10-15,18-20,28,35H,3-9,16-17H2,1-2H3,(H,39,40). The molecule has 0 aliphatic heterocycles. The van der Waals surface area contributed by atoms with Gasteiger partial charge in [-0.1, -0.05) is 32.6 Å². The first-order valence-electron chi connectivity index (χ1n) is 14.0. The van der Waals surface area contributed by atoms with Crippen LogP contribution in [-0.4, -0.2) is 50.2 Å². The van der Waals surface area contributed by atoms with E-state index in [2.05, 4.69) is 17.2 Å². The third kappa shape index (κ3) is 7.65. The lowest BCUT2D eigenvalue weighted by atomic mass is 9.80. The van der Waals surface area contributed by atoms with E-state index in [0.717, 1.165) is 61.3 Å². The van der Waals surface area contributed by atoms with E-state index in [1.165, 1.54) is 17.4 Å². The number of amides is 1. The van der Waals surface area contributed by atoms with Gasteiger partial charge in [0.05, 0.1) is 23.7 Å². The van der Waals surface area contributed by atoms with Crippen molar-refractivity contribution in [1.82, 2.24) is 19.7 Å². The van der Waals surface area contributed by atoms with Crippen molar-refractivity contribution in [2.45, 2.75) is 70.5 Å². The van der Waals surface area contributed by atoms with Gasteiger partial charge in [0.25, 0.3) is 5.91 Å². The minimum Gasteiger partial charge on any atom is -0.481 e. The van der Waals surface area contributed by atoms with Crippen LogP contribution in [0.3, 0.4) is 0 Å². The second-order valence-corrected chi connectivity index (χ2v) is 10.6. The number of halogens is 3. The molecule has 11 heteroatoms. The fraction of sp³-hybridized carbons (Fsp3) is 0.467. The van der Waals surface area contributed by atoms with Crippen molar-refractivity contribution in [2.24, 2.45) is 5.92 Å². The fourth-order valence-corrected chi connectivity index (χ4v) is 5.31. The lowest BCUT2D eigenvalue weighted by Gasteiger charge is -2.32. The monoisotopic (exact) mass is 571 g/mol. The van der Waals surface area contributed by atoms with Crippen LogP contribution in [0, 0.1) is 5.92 Å². The van der Waals surface area contributed by atoms with Gasteiger partial charge in [-0.05, 0) is 61.6 Å². The summed E-state index contributed by atoms with van der Waals surface area (Å²) in [6, 6.07) is 9.40. The Morgan fingerprint density at radius 1 is 1.12 bits per heavy atom. The molecule has 2 N–H and O–H groups in total. The zero-order valence-corrected chi connectivity index (χ0v) is 23.3. The lowest BCUT2D eigenvalue weighted by Crippen LogP contribution is -2.29. The number of hydrogen-bond acceptors (Lipinski definition) is 5. The van der Waals surface area contributed by atoms with Crippen LogP contribution in [0.25, 0.3) is 5.82 Å². The predicted octanol–water partition coefficient (Wildman–Crippen LogP) is 6.52. The lowest BCUT2D eigenvalue weighted by molar-refractivity contribution is -0.138. The zero-order valence-electron chi connectivity index (χ0n) is 23.3.